The van der Waals surface area contributed by atoms with E-state index in [1.54, 1.807) is 30.3 Å². The van der Waals surface area contributed by atoms with Crippen LogP contribution in [0.25, 0.3) is 22.6 Å². The number of hydrogen-bond donors (Lipinski definition) is 1. The standard InChI is InChI=1S/C23H20N2O3/c1-15(2)27-19-11-8-16(9-12-19)22(26)24-18-10-13-20-21(14-18)28-23(25-20)17-6-4-3-5-7-17/h3-15H,1-2H3,(H,24,26). The second-order valence-electron chi connectivity index (χ2n) is 6.71. The smallest absolute Gasteiger partial charge is 0.255 e. The lowest BCUT2D eigenvalue weighted by atomic mass is 10.2. The van der Waals surface area contributed by atoms with Gasteiger partial charge in [-0.25, -0.2) is 4.98 Å². The van der Waals surface area contributed by atoms with Crippen molar-refractivity contribution in [1.82, 2.24) is 4.98 Å². The van der Waals surface area contributed by atoms with Crippen molar-refractivity contribution in [3.63, 3.8) is 0 Å². The predicted molar refractivity (Wildman–Crippen MR) is 110 cm³/mol. The summed E-state index contributed by atoms with van der Waals surface area (Å²) >= 11 is 0. The Morgan fingerprint density at radius 2 is 1.75 bits per heavy atom. The van der Waals surface area contributed by atoms with Crippen molar-refractivity contribution in [2.45, 2.75) is 20.0 Å². The summed E-state index contributed by atoms with van der Waals surface area (Å²) in [6, 6.07) is 22.2. The molecule has 0 bridgehead atoms. The van der Waals surface area contributed by atoms with Crippen LogP contribution in [-0.4, -0.2) is 17.0 Å². The van der Waals surface area contributed by atoms with Gasteiger partial charge in [0.25, 0.3) is 5.91 Å². The molecule has 0 aliphatic heterocycles. The zero-order chi connectivity index (χ0) is 19.5. The lowest BCUT2D eigenvalue weighted by Crippen LogP contribution is -2.12. The normalized spacial score (nSPS) is 11.0. The molecule has 0 atom stereocenters. The maximum Gasteiger partial charge on any atom is 0.255 e. The first kappa shape index (κ1) is 17.8. The summed E-state index contributed by atoms with van der Waals surface area (Å²) in [7, 11) is 0. The van der Waals surface area contributed by atoms with Crippen LogP contribution in [-0.2, 0) is 0 Å². The topological polar surface area (TPSA) is 64.4 Å². The maximum atomic E-state index is 12.5. The Balaban J connectivity index is 1.52. The number of nitrogens with zero attached hydrogens (tertiary/aromatic N) is 1. The maximum absolute atomic E-state index is 12.5. The molecule has 0 saturated carbocycles. The summed E-state index contributed by atoms with van der Waals surface area (Å²) in [5.41, 5.74) is 3.48. The van der Waals surface area contributed by atoms with Gasteiger partial charge in [-0.05, 0) is 62.4 Å². The minimum Gasteiger partial charge on any atom is -0.491 e. The molecule has 1 N–H and O–H groups in total. The van der Waals surface area contributed by atoms with Crippen LogP contribution in [0.15, 0.2) is 77.2 Å². The molecule has 28 heavy (non-hydrogen) atoms. The average molecular weight is 372 g/mol. The fraction of sp³-hybridized carbons (Fsp3) is 0.130. The van der Waals surface area contributed by atoms with Gasteiger partial charge in [0.1, 0.15) is 11.3 Å². The van der Waals surface area contributed by atoms with Crippen LogP contribution in [0.3, 0.4) is 0 Å². The Morgan fingerprint density at radius 1 is 1.00 bits per heavy atom. The molecule has 3 aromatic carbocycles. The Morgan fingerprint density at radius 3 is 2.46 bits per heavy atom. The number of fused-ring (bicyclic) bond motifs is 1. The zero-order valence-corrected chi connectivity index (χ0v) is 15.7. The minimum atomic E-state index is -0.196. The van der Waals surface area contributed by atoms with Gasteiger partial charge in [-0.1, -0.05) is 18.2 Å². The molecule has 0 spiro atoms. The number of rotatable bonds is 5. The molecular formula is C23H20N2O3. The van der Waals surface area contributed by atoms with Crippen LogP contribution in [0, 0.1) is 0 Å². The van der Waals surface area contributed by atoms with Crippen LogP contribution in [0.5, 0.6) is 5.75 Å². The van der Waals surface area contributed by atoms with E-state index in [0.717, 1.165) is 16.8 Å². The SMILES string of the molecule is CC(C)Oc1ccc(C(=O)Nc2ccc3nc(-c4ccccc4)oc3c2)cc1. The quantitative estimate of drug-likeness (QED) is 0.500. The van der Waals surface area contributed by atoms with Gasteiger partial charge in [0.15, 0.2) is 5.58 Å². The van der Waals surface area contributed by atoms with Crippen molar-refractivity contribution in [3.8, 4) is 17.2 Å². The summed E-state index contributed by atoms with van der Waals surface area (Å²) in [5.74, 6) is 1.10. The Bertz CT molecular complexity index is 1100. The first-order chi connectivity index (χ1) is 13.6. The van der Waals surface area contributed by atoms with E-state index in [1.807, 2.05) is 56.3 Å². The van der Waals surface area contributed by atoms with Crippen LogP contribution < -0.4 is 10.1 Å². The highest BCUT2D eigenvalue weighted by molar-refractivity contribution is 6.05. The first-order valence-corrected chi connectivity index (χ1v) is 9.12. The lowest BCUT2D eigenvalue weighted by molar-refractivity contribution is 0.102. The highest BCUT2D eigenvalue weighted by Crippen LogP contribution is 2.26. The number of oxazole rings is 1. The molecule has 0 unspecified atom stereocenters. The summed E-state index contributed by atoms with van der Waals surface area (Å²) in [4.78, 5) is 17.0. The number of ether oxygens (including phenoxy) is 1. The Hall–Kier alpha value is -3.60. The third-order valence-corrected chi connectivity index (χ3v) is 4.16. The van der Waals surface area contributed by atoms with E-state index in [2.05, 4.69) is 10.3 Å². The molecule has 1 amide bonds. The van der Waals surface area contributed by atoms with Gasteiger partial charge in [0, 0.05) is 22.9 Å². The number of amides is 1. The van der Waals surface area contributed by atoms with Crippen LogP contribution in [0.1, 0.15) is 24.2 Å². The summed E-state index contributed by atoms with van der Waals surface area (Å²) in [6.45, 7) is 3.92. The van der Waals surface area contributed by atoms with Gasteiger partial charge in [-0.3, -0.25) is 4.79 Å². The number of carbonyl (C=O) groups excluding carboxylic acids is 1. The molecule has 4 aromatic rings. The first-order valence-electron chi connectivity index (χ1n) is 9.12. The van der Waals surface area contributed by atoms with Gasteiger partial charge < -0.3 is 14.5 Å². The zero-order valence-electron chi connectivity index (χ0n) is 15.7. The van der Waals surface area contributed by atoms with Crippen LogP contribution in [0.2, 0.25) is 0 Å². The highest BCUT2D eigenvalue weighted by Gasteiger charge is 2.11. The number of hydrogen-bond acceptors (Lipinski definition) is 4. The molecule has 0 aliphatic carbocycles. The largest absolute Gasteiger partial charge is 0.491 e. The van der Waals surface area contributed by atoms with Crippen LogP contribution in [0.4, 0.5) is 5.69 Å². The van der Waals surface area contributed by atoms with Gasteiger partial charge >= 0.3 is 0 Å². The second kappa shape index (κ2) is 7.56. The molecule has 4 rings (SSSR count). The Kier molecular flexibility index (Phi) is 4.81. The van der Waals surface area contributed by atoms with Crippen molar-refractivity contribution in [3.05, 3.63) is 78.4 Å². The molecule has 0 radical (unpaired) electrons. The average Bonchev–Trinajstić information content (AvgIpc) is 3.12. The minimum absolute atomic E-state index is 0.0917. The number of benzene rings is 3. The molecule has 5 nitrogen and oxygen atoms in total. The van der Waals surface area contributed by atoms with Gasteiger partial charge in [0.05, 0.1) is 6.10 Å². The molecule has 0 saturated heterocycles. The van der Waals surface area contributed by atoms with E-state index in [9.17, 15) is 4.79 Å². The fourth-order valence-electron chi connectivity index (χ4n) is 2.87. The van der Waals surface area contributed by atoms with Gasteiger partial charge in [-0.2, -0.15) is 0 Å². The third-order valence-electron chi connectivity index (χ3n) is 4.16. The van der Waals surface area contributed by atoms with Gasteiger partial charge in [-0.15, -0.1) is 0 Å². The van der Waals surface area contributed by atoms with Gasteiger partial charge in [0.2, 0.25) is 5.89 Å². The molecule has 0 fully saturated rings. The molecule has 1 aromatic heterocycles. The van der Waals surface area contributed by atoms with E-state index in [-0.39, 0.29) is 12.0 Å². The molecule has 1 heterocycles. The molecular weight excluding hydrogens is 352 g/mol. The molecule has 5 heteroatoms. The summed E-state index contributed by atoms with van der Waals surface area (Å²) in [6.07, 6.45) is 0.0917. The van der Waals surface area contributed by atoms with Crippen molar-refractivity contribution >= 4 is 22.7 Å². The van der Waals surface area contributed by atoms with E-state index >= 15 is 0 Å². The van der Waals surface area contributed by atoms with E-state index in [0.29, 0.717) is 22.7 Å². The molecule has 140 valence electrons. The van der Waals surface area contributed by atoms with Crippen molar-refractivity contribution < 1.29 is 13.9 Å². The predicted octanol–water partition coefficient (Wildman–Crippen LogP) is 5.53. The lowest BCUT2D eigenvalue weighted by Gasteiger charge is -2.10. The van der Waals surface area contributed by atoms with Crippen molar-refractivity contribution in [1.29, 1.82) is 0 Å². The monoisotopic (exact) mass is 372 g/mol. The fourth-order valence-corrected chi connectivity index (χ4v) is 2.87. The second-order valence-corrected chi connectivity index (χ2v) is 6.71. The molecule has 0 aliphatic rings. The van der Waals surface area contributed by atoms with E-state index in [4.69, 9.17) is 9.15 Å². The highest BCUT2D eigenvalue weighted by atomic mass is 16.5. The summed E-state index contributed by atoms with van der Waals surface area (Å²) in [5, 5.41) is 2.89. The number of carbonyl (C=O) groups is 1. The Labute approximate surface area is 163 Å². The number of nitrogens with one attached hydrogen (secondary N) is 1. The van der Waals surface area contributed by atoms with Crippen molar-refractivity contribution in [2.75, 3.05) is 5.32 Å². The van der Waals surface area contributed by atoms with Crippen LogP contribution >= 0.6 is 0 Å². The van der Waals surface area contributed by atoms with Crippen molar-refractivity contribution in [2.24, 2.45) is 0 Å². The third kappa shape index (κ3) is 3.88. The number of anilines is 1. The van der Waals surface area contributed by atoms with E-state index < -0.39 is 0 Å². The summed E-state index contributed by atoms with van der Waals surface area (Å²) < 4.78 is 11.5. The van der Waals surface area contributed by atoms with E-state index in [1.165, 1.54) is 0 Å². The number of aromatic nitrogens is 1.